The lowest BCUT2D eigenvalue weighted by atomic mass is 10.1. The van der Waals surface area contributed by atoms with Crippen LogP contribution in [-0.4, -0.2) is 24.1 Å². The van der Waals surface area contributed by atoms with Crippen LogP contribution in [0.3, 0.4) is 0 Å². The number of urea groups is 1. The van der Waals surface area contributed by atoms with E-state index in [4.69, 9.17) is 9.15 Å². The molecule has 3 aromatic rings. The van der Waals surface area contributed by atoms with Gasteiger partial charge in [0.1, 0.15) is 11.5 Å². The number of ether oxygens (including phenoxy) is 1. The number of benzene rings is 1. The first-order valence-corrected chi connectivity index (χ1v) is 10.1. The standard InChI is InChI=1S/C22H26N2O3S/c1-16(12-18-6-4-7-19(13-18)26-3)23-22(25)24(14-20-8-5-11-27-20)15-21-10-9-17(2)28-21/h4-11,13,16H,12,14-15H2,1-3H3,(H,23,25). The van der Waals surface area contributed by atoms with Gasteiger partial charge in [-0.3, -0.25) is 0 Å². The van der Waals surface area contributed by atoms with Gasteiger partial charge in [-0.25, -0.2) is 4.79 Å². The Morgan fingerprint density at radius 1 is 1.21 bits per heavy atom. The number of carbonyl (C=O) groups excluding carboxylic acids is 1. The molecule has 2 aromatic heterocycles. The molecule has 6 heteroatoms. The Labute approximate surface area is 169 Å². The lowest BCUT2D eigenvalue weighted by Gasteiger charge is -2.24. The fraction of sp³-hybridized carbons (Fsp3) is 0.318. The molecule has 0 aliphatic carbocycles. The van der Waals surface area contributed by atoms with Crippen LogP contribution in [0.15, 0.2) is 59.2 Å². The Bertz CT molecular complexity index is 889. The molecule has 0 saturated carbocycles. The summed E-state index contributed by atoms with van der Waals surface area (Å²) in [5.74, 6) is 1.59. The van der Waals surface area contributed by atoms with Crippen LogP contribution in [0.2, 0.25) is 0 Å². The number of rotatable bonds is 8. The van der Waals surface area contributed by atoms with Gasteiger partial charge in [0.15, 0.2) is 0 Å². The maximum Gasteiger partial charge on any atom is 0.318 e. The number of carbonyl (C=O) groups is 1. The Balaban J connectivity index is 1.65. The van der Waals surface area contributed by atoms with E-state index in [1.165, 1.54) is 4.88 Å². The zero-order chi connectivity index (χ0) is 19.9. The van der Waals surface area contributed by atoms with E-state index in [0.717, 1.165) is 28.4 Å². The van der Waals surface area contributed by atoms with E-state index in [1.807, 2.05) is 43.3 Å². The molecule has 28 heavy (non-hydrogen) atoms. The normalized spacial score (nSPS) is 11.8. The fourth-order valence-electron chi connectivity index (χ4n) is 3.05. The van der Waals surface area contributed by atoms with Gasteiger partial charge in [0, 0.05) is 15.8 Å². The lowest BCUT2D eigenvalue weighted by molar-refractivity contribution is 0.184. The summed E-state index contributed by atoms with van der Waals surface area (Å²) in [6.07, 6.45) is 2.36. The summed E-state index contributed by atoms with van der Waals surface area (Å²) in [4.78, 5) is 17.1. The molecule has 1 atom stereocenters. The molecule has 2 amide bonds. The molecule has 5 nitrogen and oxygen atoms in total. The fourth-order valence-corrected chi connectivity index (χ4v) is 3.96. The number of thiophene rings is 1. The van der Waals surface area contributed by atoms with Gasteiger partial charge < -0.3 is 19.4 Å². The Hall–Kier alpha value is -2.73. The lowest BCUT2D eigenvalue weighted by Crippen LogP contribution is -2.43. The summed E-state index contributed by atoms with van der Waals surface area (Å²) in [5.41, 5.74) is 1.12. The molecule has 2 heterocycles. The Kier molecular flexibility index (Phi) is 6.76. The highest BCUT2D eigenvalue weighted by Gasteiger charge is 2.19. The van der Waals surface area contributed by atoms with Crippen LogP contribution in [-0.2, 0) is 19.5 Å². The van der Waals surface area contributed by atoms with Crippen molar-refractivity contribution >= 4 is 17.4 Å². The van der Waals surface area contributed by atoms with Crippen LogP contribution >= 0.6 is 11.3 Å². The first-order valence-electron chi connectivity index (χ1n) is 9.29. The van der Waals surface area contributed by atoms with Crippen molar-refractivity contribution in [2.45, 2.75) is 39.4 Å². The van der Waals surface area contributed by atoms with E-state index in [1.54, 1.807) is 29.6 Å². The first kappa shape index (κ1) is 20.0. The zero-order valence-electron chi connectivity index (χ0n) is 16.5. The van der Waals surface area contributed by atoms with E-state index in [-0.39, 0.29) is 12.1 Å². The van der Waals surface area contributed by atoms with Crippen LogP contribution < -0.4 is 10.1 Å². The number of aryl methyl sites for hydroxylation is 1. The van der Waals surface area contributed by atoms with Gasteiger partial charge >= 0.3 is 6.03 Å². The van der Waals surface area contributed by atoms with Gasteiger partial charge in [0.25, 0.3) is 0 Å². The number of nitrogens with zero attached hydrogens (tertiary/aromatic N) is 1. The number of nitrogens with one attached hydrogen (secondary N) is 1. The summed E-state index contributed by atoms with van der Waals surface area (Å²) in [6.45, 7) is 5.07. The number of hydrogen-bond donors (Lipinski definition) is 1. The predicted octanol–water partition coefficient (Wildman–Crippen LogP) is 5.00. The summed E-state index contributed by atoms with van der Waals surface area (Å²) in [5, 5.41) is 3.11. The molecule has 0 bridgehead atoms. The minimum Gasteiger partial charge on any atom is -0.497 e. The van der Waals surface area contributed by atoms with Crippen molar-refractivity contribution in [2.24, 2.45) is 0 Å². The Morgan fingerprint density at radius 3 is 2.75 bits per heavy atom. The van der Waals surface area contributed by atoms with Crippen molar-refractivity contribution in [3.63, 3.8) is 0 Å². The third-order valence-electron chi connectivity index (χ3n) is 4.40. The van der Waals surface area contributed by atoms with Crippen molar-refractivity contribution in [2.75, 3.05) is 7.11 Å². The van der Waals surface area contributed by atoms with Gasteiger partial charge in [-0.05, 0) is 62.2 Å². The molecular formula is C22H26N2O3S. The Morgan fingerprint density at radius 2 is 2.07 bits per heavy atom. The predicted molar refractivity (Wildman–Crippen MR) is 112 cm³/mol. The van der Waals surface area contributed by atoms with Crippen LogP contribution in [0.5, 0.6) is 5.75 Å². The minimum absolute atomic E-state index is 0.0104. The molecule has 148 valence electrons. The summed E-state index contributed by atoms with van der Waals surface area (Å²) >= 11 is 1.71. The topological polar surface area (TPSA) is 54.7 Å². The van der Waals surface area contributed by atoms with Gasteiger partial charge in [-0.1, -0.05) is 12.1 Å². The summed E-state index contributed by atoms with van der Waals surface area (Å²) in [7, 11) is 1.66. The van der Waals surface area contributed by atoms with Crippen LogP contribution in [0, 0.1) is 6.92 Å². The molecule has 0 aliphatic rings. The second-order valence-corrected chi connectivity index (χ2v) is 8.23. The van der Waals surface area contributed by atoms with Gasteiger partial charge in [0.05, 0.1) is 26.5 Å². The van der Waals surface area contributed by atoms with E-state index in [9.17, 15) is 4.79 Å². The molecule has 0 spiro atoms. The molecule has 1 aromatic carbocycles. The third kappa shape index (κ3) is 5.63. The first-order chi connectivity index (χ1) is 13.5. The van der Waals surface area contributed by atoms with Crippen LogP contribution in [0.25, 0.3) is 0 Å². The average Bonchev–Trinajstić information content (AvgIpc) is 3.33. The minimum atomic E-state index is -0.0992. The number of amides is 2. The maximum atomic E-state index is 13.0. The average molecular weight is 399 g/mol. The number of furan rings is 1. The molecule has 0 aliphatic heterocycles. The zero-order valence-corrected chi connectivity index (χ0v) is 17.3. The van der Waals surface area contributed by atoms with Crippen molar-refractivity contribution in [3.8, 4) is 5.75 Å². The van der Waals surface area contributed by atoms with Crippen LogP contribution in [0.4, 0.5) is 4.79 Å². The molecule has 0 saturated heterocycles. The van der Waals surface area contributed by atoms with E-state index < -0.39 is 0 Å². The highest BCUT2D eigenvalue weighted by molar-refractivity contribution is 7.11. The highest BCUT2D eigenvalue weighted by Crippen LogP contribution is 2.19. The van der Waals surface area contributed by atoms with Gasteiger partial charge in [-0.15, -0.1) is 11.3 Å². The van der Waals surface area contributed by atoms with Crippen molar-refractivity contribution in [1.29, 1.82) is 0 Å². The second-order valence-electron chi connectivity index (χ2n) is 6.85. The largest absolute Gasteiger partial charge is 0.497 e. The van der Waals surface area contributed by atoms with Crippen molar-refractivity contribution in [1.82, 2.24) is 10.2 Å². The number of methoxy groups -OCH3 is 1. The van der Waals surface area contributed by atoms with E-state index in [0.29, 0.717) is 13.1 Å². The molecule has 1 N–H and O–H groups in total. The summed E-state index contributed by atoms with van der Waals surface area (Å²) < 4.78 is 10.7. The highest BCUT2D eigenvalue weighted by atomic mass is 32.1. The molecule has 3 rings (SSSR count). The van der Waals surface area contributed by atoms with Crippen LogP contribution in [0.1, 0.15) is 28.0 Å². The SMILES string of the molecule is COc1cccc(CC(C)NC(=O)N(Cc2ccco2)Cc2ccc(C)s2)c1. The molecular weight excluding hydrogens is 372 g/mol. The maximum absolute atomic E-state index is 13.0. The second kappa shape index (κ2) is 9.46. The van der Waals surface area contributed by atoms with Crippen molar-refractivity contribution in [3.05, 3.63) is 75.9 Å². The van der Waals surface area contributed by atoms with Gasteiger partial charge in [-0.2, -0.15) is 0 Å². The molecule has 1 unspecified atom stereocenters. The monoisotopic (exact) mass is 398 g/mol. The van der Waals surface area contributed by atoms with Gasteiger partial charge in [0.2, 0.25) is 0 Å². The quantitative estimate of drug-likeness (QED) is 0.581. The summed E-state index contributed by atoms with van der Waals surface area (Å²) in [6, 6.07) is 15.7. The van der Waals surface area contributed by atoms with E-state index >= 15 is 0 Å². The number of hydrogen-bond acceptors (Lipinski definition) is 4. The molecule has 0 fully saturated rings. The molecule has 0 radical (unpaired) electrons. The third-order valence-corrected chi connectivity index (χ3v) is 5.39. The smallest absolute Gasteiger partial charge is 0.318 e. The van der Waals surface area contributed by atoms with Crippen molar-refractivity contribution < 1.29 is 13.9 Å². The van der Waals surface area contributed by atoms with E-state index in [2.05, 4.69) is 24.4 Å².